The molecule has 136 valence electrons. The van der Waals surface area contributed by atoms with Crippen LogP contribution in [0.5, 0.6) is 0 Å². The van der Waals surface area contributed by atoms with Crippen LogP contribution >= 0.6 is 35.7 Å². The second kappa shape index (κ2) is 10.5. The molecule has 7 heteroatoms. The third-order valence-corrected chi connectivity index (χ3v) is 5.18. The van der Waals surface area contributed by atoms with E-state index in [0.717, 1.165) is 48.0 Å². The predicted molar refractivity (Wildman–Crippen MR) is 111 cm³/mol. The number of thioether (sulfide) groups is 1. The van der Waals surface area contributed by atoms with E-state index in [4.69, 9.17) is 0 Å². The van der Waals surface area contributed by atoms with Crippen molar-refractivity contribution in [2.24, 2.45) is 4.99 Å². The third kappa shape index (κ3) is 6.76. The van der Waals surface area contributed by atoms with E-state index in [9.17, 15) is 9.50 Å². The zero-order valence-corrected chi connectivity index (χ0v) is 17.4. The molecule has 0 aromatic heterocycles. The molecule has 4 nitrogen and oxygen atoms in total. The molecule has 1 aliphatic rings. The van der Waals surface area contributed by atoms with Crippen molar-refractivity contribution in [3.63, 3.8) is 0 Å². The van der Waals surface area contributed by atoms with Gasteiger partial charge in [0.25, 0.3) is 0 Å². The molecule has 1 saturated heterocycles. The number of benzene rings is 1. The van der Waals surface area contributed by atoms with Crippen molar-refractivity contribution >= 4 is 41.7 Å². The molecule has 1 fully saturated rings. The van der Waals surface area contributed by atoms with Gasteiger partial charge in [-0.1, -0.05) is 6.07 Å². The number of nitrogens with zero attached hydrogens (tertiary/aromatic N) is 1. The number of rotatable bonds is 6. The first kappa shape index (κ1) is 21.5. The summed E-state index contributed by atoms with van der Waals surface area (Å²) in [4.78, 5) is 4.51. The number of hydrogen-bond acceptors (Lipinski definition) is 3. The molecule has 1 aromatic rings. The fraction of sp³-hybridized carbons (Fsp3) is 0.588. The minimum absolute atomic E-state index is 0. The van der Waals surface area contributed by atoms with Crippen molar-refractivity contribution in [3.05, 3.63) is 35.1 Å². The Morgan fingerprint density at radius 3 is 2.83 bits per heavy atom. The maximum Gasteiger partial charge on any atom is 0.191 e. The summed E-state index contributed by atoms with van der Waals surface area (Å²) in [6.07, 6.45) is 1.60. The maximum atomic E-state index is 13.1. The normalized spacial score (nSPS) is 20.6. The number of aliphatic imine (C=N–C) groups is 1. The summed E-state index contributed by atoms with van der Waals surface area (Å²) in [7, 11) is 0. The van der Waals surface area contributed by atoms with Crippen LogP contribution in [-0.2, 0) is 6.42 Å². The first-order valence-electron chi connectivity index (χ1n) is 8.10. The molecule has 2 rings (SSSR count). The Balaban J connectivity index is 0.00000288. The molecule has 0 spiro atoms. The Hall–Kier alpha value is -0.540. The number of nitrogens with one attached hydrogen (secondary N) is 2. The lowest BCUT2D eigenvalue weighted by molar-refractivity contribution is 0.0778. The van der Waals surface area contributed by atoms with Gasteiger partial charge < -0.3 is 15.7 Å². The minimum Gasteiger partial charge on any atom is -0.387 e. The summed E-state index contributed by atoms with van der Waals surface area (Å²) in [6, 6.07) is 4.88. The van der Waals surface area contributed by atoms with Gasteiger partial charge in [-0.15, -0.1) is 24.0 Å². The molecular weight excluding hydrogens is 440 g/mol. The van der Waals surface area contributed by atoms with Gasteiger partial charge in [-0.2, -0.15) is 11.8 Å². The summed E-state index contributed by atoms with van der Waals surface area (Å²) >= 11 is 1.77. The van der Waals surface area contributed by atoms with Crippen LogP contribution in [0, 0.1) is 12.7 Å². The summed E-state index contributed by atoms with van der Waals surface area (Å²) in [5, 5.41) is 16.8. The SMILES string of the molecule is CCNC(=NCC1(O)CCSC1)NCCc1ccc(F)cc1C.I. The fourth-order valence-electron chi connectivity index (χ4n) is 2.54. The molecule has 1 aromatic carbocycles. The Labute approximate surface area is 165 Å². The van der Waals surface area contributed by atoms with Gasteiger partial charge in [-0.05, 0) is 55.7 Å². The lowest BCUT2D eigenvalue weighted by Crippen LogP contribution is -2.40. The summed E-state index contributed by atoms with van der Waals surface area (Å²) in [5.41, 5.74) is 1.42. The smallest absolute Gasteiger partial charge is 0.191 e. The molecule has 1 unspecified atom stereocenters. The number of hydrogen-bond donors (Lipinski definition) is 3. The van der Waals surface area contributed by atoms with Crippen LogP contribution < -0.4 is 10.6 Å². The molecule has 1 heterocycles. The van der Waals surface area contributed by atoms with Gasteiger partial charge in [0, 0.05) is 18.8 Å². The van der Waals surface area contributed by atoms with E-state index >= 15 is 0 Å². The molecule has 0 aliphatic carbocycles. The highest BCUT2D eigenvalue weighted by Crippen LogP contribution is 2.27. The number of guanidine groups is 1. The van der Waals surface area contributed by atoms with Crippen molar-refractivity contribution in [2.75, 3.05) is 31.1 Å². The minimum atomic E-state index is -0.666. The van der Waals surface area contributed by atoms with Crippen molar-refractivity contribution in [1.29, 1.82) is 0 Å². The highest BCUT2D eigenvalue weighted by Gasteiger charge is 2.31. The lowest BCUT2D eigenvalue weighted by Gasteiger charge is -2.20. The van der Waals surface area contributed by atoms with E-state index in [1.54, 1.807) is 17.8 Å². The van der Waals surface area contributed by atoms with Crippen molar-refractivity contribution in [2.45, 2.75) is 32.3 Å². The van der Waals surface area contributed by atoms with Crippen LogP contribution in [0.1, 0.15) is 24.5 Å². The Morgan fingerprint density at radius 1 is 1.42 bits per heavy atom. The summed E-state index contributed by atoms with van der Waals surface area (Å²) < 4.78 is 13.1. The van der Waals surface area contributed by atoms with Gasteiger partial charge in [0.15, 0.2) is 5.96 Å². The summed E-state index contributed by atoms with van der Waals surface area (Å²) in [6.45, 7) is 5.84. The maximum absolute atomic E-state index is 13.1. The first-order chi connectivity index (χ1) is 11.0. The van der Waals surface area contributed by atoms with Crippen molar-refractivity contribution in [3.8, 4) is 0 Å². The average molecular weight is 467 g/mol. The van der Waals surface area contributed by atoms with Crippen LogP contribution in [0.2, 0.25) is 0 Å². The second-order valence-corrected chi connectivity index (χ2v) is 7.07. The zero-order valence-electron chi connectivity index (χ0n) is 14.3. The van der Waals surface area contributed by atoms with E-state index in [-0.39, 0.29) is 29.8 Å². The van der Waals surface area contributed by atoms with Crippen LogP contribution in [0.4, 0.5) is 4.39 Å². The highest BCUT2D eigenvalue weighted by molar-refractivity contribution is 14.0. The Bertz CT molecular complexity index is 551. The van der Waals surface area contributed by atoms with Crippen LogP contribution in [0.3, 0.4) is 0 Å². The van der Waals surface area contributed by atoms with Crippen molar-refractivity contribution in [1.82, 2.24) is 10.6 Å². The fourth-order valence-corrected chi connectivity index (χ4v) is 3.83. The molecule has 3 N–H and O–H groups in total. The van der Waals surface area contributed by atoms with Gasteiger partial charge in [0.05, 0.1) is 12.1 Å². The lowest BCUT2D eigenvalue weighted by atomic mass is 10.0. The topological polar surface area (TPSA) is 56.7 Å². The van der Waals surface area contributed by atoms with E-state index in [0.29, 0.717) is 13.1 Å². The quantitative estimate of drug-likeness (QED) is 0.342. The van der Waals surface area contributed by atoms with Gasteiger partial charge in [-0.3, -0.25) is 4.99 Å². The van der Waals surface area contributed by atoms with Crippen LogP contribution in [0.15, 0.2) is 23.2 Å². The molecular formula is C17H27FIN3OS. The molecule has 0 amide bonds. The zero-order chi connectivity index (χ0) is 16.7. The monoisotopic (exact) mass is 467 g/mol. The Kier molecular flexibility index (Phi) is 9.36. The molecule has 0 radical (unpaired) electrons. The van der Waals surface area contributed by atoms with Gasteiger partial charge in [-0.25, -0.2) is 4.39 Å². The van der Waals surface area contributed by atoms with Crippen LogP contribution in [-0.4, -0.2) is 47.8 Å². The van der Waals surface area contributed by atoms with Gasteiger partial charge >= 0.3 is 0 Å². The number of aryl methyl sites for hydroxylation is 1. The molecule has 1 aliphatic heterocycles. The van der Waals surface area contributed by atoms with Gasteiger partial charge in [0.1, 0.15) is 5.82 Å². The van der Waals surface area contributed by atoms with E-state index in [2.05, 4.69) is 15.6 Å². The van der Waals surface area contributed by atoms with Crippen LogP contribution in [0.25, 0.3) is 0 Å². The predicted octanol–water partition coefficient (Wildman–Crippen LogP) is 2.72. The second-order valence-electron chi connectivity index (χ2n) is 5.97. The number of aliphatic hydroxyl groups is 1. The average Bonchev–Trinajstić information content (AvgIpc) is 2.94. The molecule has 24 heavy (non-hydrogen) atoms. The molecule has 0 saturated carbocycles. The molecule has 1 atom stereocenters. The molecule has 0 bridgehead atoms. The third-order valence-electron chi connectivity index (χ3n) is 3.95. The van der Waals surface area contributed by atoms with Crippen molar-refractivity contribution < 1.29 is 9.50 Å². The van der Waals surface area contributed by atoms with Gasteiger partial charge in [0.2, 0.25) is 0 Å². The largest absolute Gasteiger partial charge is 0.387 e. The van der Waals surface area contributed by atoms with E-state index in [1.165, 1.54) is 6.07 Å². The first-order valence-corrected chi connectivity index (χ1v) is 9.25. The van der Waals surface area contributed by atoms with E-state index in [1.807, 2.05) is 19.9 Å². The summed E-state index contributed by atoms with van der Waals surface area (Å²) in [5.74, 6) is 2.28. The van der Waals surface area contributed by atoms with E-state index < -0.39 is 5.60 Å². The standard InChI is InChI=1S/C17H26FN3OS.HI/c1-3-19-16(21-11-17(22)7-9-23-12-17)20-8-6-14-4-5-15(18)10-13(14)2;/h4-5,10,22H,3,6-9,11-12H2,1-2H3,(H2,19,20,21);1H. The highest BCUT2D eigenvalue weighted by atomic mass is 127. The Morgan fingerprint density at radius 2 is 2.21 bits per heavy atom. The number of halogens is 2.